The largest absolute Gasteiger partial charge is 0.357 e. The lowest BCUT2D eigenvalue weighted by Gasteiger charge is -2.25. The maximum atomic E-state index is 4.67. The fraction of sp³-hybridized carbons (Fsp3) is 0.538. The van der Waals surface area contributed by atoms with E-state index in [9.17, 15) is 0 Å². The van der Waals surface area contributed by atoms with E-state index in [0.717, 1.165) is 16.6 Å². The maximum absolute atomic E-state index is 4.67. The maximum Gasteiger partial charge on any atom is 0.157 e. The van der Waals surface area contributed by atoms with Gasteiger partial charge in [0.05, 0.1) is 17.8 Å². The van der Waals surface area contributed by atoms with E-state index in [1.54, 1.807) is 0 Å². The lowest BCUT2D eigenvalue weighted by atomic mass is 10.1. The summed E-state index contributed by atoms with van der Waals surface area (Å²) in [4.78, 5) is 9.02. The molecule has 3 atom stereocenters. The van der Waals surface area contributed by atoms with Gasteiger partial charge >= 0.3 is 0 Å². The van der Waals surface area contributed by atoms with Gasteiger partial charge in [-0.3, -0.25) is 9.98 Å². The van der Waals surface area contributed by atoms with E-state index in [2.05, 4.69) is 36.1 Å². The first-order valence-electron chi connectivity index (χ1n) is 6.05. The minimum atomic E-state index is 0.211. The summed E-state index contributed by atoms with van der Waals surface area (Å²) < 4.78 is 0. The first kappa shape index (κ1) is 12.4. The topological polar surface area (TPSA) is 37.3 Å². The molecule has 17 heavy (non-hydrogen) atoms. The first-order valence-corrected chi connectivity index (χ1v) is 7.03. The highest BCUT2D eigenvalue weighted by Gasteiger charge is 2.20. The highest BCUT2D eigenvalue weighted by Crippen LogP contribution is 2.23. The van der Waals surface area contributed by atoms with Gasteiger partial charge in [-0.2, -0.15) is 0 Å². The van der Waals surface area contributed by atoms with Crippen LogP contribution in [0.2, 0.25) is 0 Å². The second-order valence-electron chi connectivity index (χ2n) is 4.58. The SMILES string of the molecule is CC(NC1=NC(C)C(C)CS1)c1ccccn1. The Labute approximate surface area is 107 Å². The van der Waals surface area contributed by atoms with Crippen LogP contribution in [0.25, 0.3) is 0 Å². The molecule has 1 aliphatic heterocycles. The molecular weight excluding hydrogens is 230 g/mol. The number of thioether (sulfide) groups is 1. The Morgan fingerprint density at radius 2 is 2.24 bits per heavy atom. The molecule has 0 saturated carbocycles. The summed E-state index contributed by atoms with van der Waals surface area (Å²) in [6.45, 7) is 6.55. The third-order valence-corrected chi connectivity index (χ3v) is 4.29. The molecule has 0 bridgehead atoms. The minimum Gasteiger partial charge on any atom is -0.357 e. The van der Waals surface area contributed by atoms with Crippen LogP contribution in [-0.4, -0.2) is 21.9 Å². The lowest BCUT2D eigenvalue weighted by Crippen LogP contribution is -2.31. The van der Waals surface area contributed by atoms with Gasteiger partial charge in [0.2, 0.25) is 0 Å². The molecule has 0 amide bonds. The van der Waals surface area contributed by atoms with E-state index in [0.29, 0.717) is 12.0 Å². The zero-order valence-corrected chi connectivity index (χ0v) is 11.4. The van der Waals surface area contributed by atoms with Gasteiger partial charge in [-0.05, 0) is 31.9 Å². The number of amidine groups is 1. The second kappa shape index (κ2) is 5.54. The third kappa shape index (κ3) is 3.22. The van der Waals surface area contributed by atoms with Gasteiger partial charge in [0.15, 0.2) is 5.17 Å². The van der Waals surface area contributed by atoms with Crippen molar-refractivity contribution in [1.82, 2.24) is 10.3 Å². The molecule has 3 unspecified atom stereocenters. The zero-order valence-electron chi connectivity index (χ0n) is 10.6. The van der Waals surface area contributed by atoms with E-state index in [-0.39, 0.29) is 6.04 Å². The zero-order chi connectivity index (χ0) is 12.3. The van der Waals surface area contributed by atoms with Crippen LogP contribution >= 0.6 is 11.8 Å². The quantitative estimate of drug-likeness (QED) is 0.875. The van der Waals surface area contributed by atoms with Crippen molar-refractivity contribution in [3.8, 4) is 0 Å². The van der Waals surface area contributed by atoms with Crippen LogP contribution in [0.3, 0.4) is 0 Å². The van der Waals surface area contributed by atoms with Crippen molar-refractivity contribution >= 4 is 16.9 Å². The summed E-state index contributed by atoms with van der Waals surface area (Å²) in [6.07, 6.45) is 1.83. The van der Waals surface area contributed by atoms with Gasteiger partial charge < -0.3 is 5.32 Å². The molecule has 3 nitrogen and oxygen atoms in total. The van der Waals surface area contributed by atoms with E-state index < -0.39 is 0 Å². The molecule has 0 radical (unpaired) electrons. The molecule has 1 aromatic rings. The average molecular weight is 249 g/mol. The van der Waals surface area contributed by atoms with Crippen molar-refractivity contribution in [2.75, 3.05) is 5.75 Å². The van der Waals surface area contributed by atoms with Crippen molar-refractivity contribution in [3.05, 3.63) is 30.1 Å². The summed E-state index contributed by atoms with van der Waals surface area (Å²) in [6, 6.07) is 6.61. The minimum absolute atomic E-state index is 0.211. The molecule has 1 aliphatic rings. The fourth-order valence-electron chi connectivity index (χ4n) is 1.67. The fourth-order valence-corrected chi connectivity index (χ4v) is 2.87. The highest BCUT2D eigenvalue weighted by molar-refractivity contribution is 8.13. The summed E-state index contributed by atoms with van der Waals surface area (Å²) >= 11 is 1.81. The number of nitrogens with one attached hydrogen (secondary N) is 1. The number of hydrogen-bond acceptors (Lipinski definition) is 4. The van der Waals surface area contributed by atoms with Crippen LogP contribution < -0.4 is 5.32 Å². The van der Waals surface area contributed by atoms with E-state index in [1.165, 1.54) is 0 Å². The molecule has 1 N–H and O–H groups in total. The number of pyridine rings is 1. The van der Waals surface area contributed by atoms with Crippen molar-refractivity contribution in [3.63, 3.8) is 0 Å². The van der Waals surface area contributed by atoms with Gasteiger partial charge in [-0.15, -0.1) is 0 Å². The van der Waals surface area contributed by atoms with Gasteiger partial charge in [-0.1, -0.05) is 24.8 Å². The lowest BCUT2D eigenvalue weighted by molar-refractivity contribution is 0.531. The van der Waals surface area contributed by atoms with E-state index >= 15 is 0 Å². The Bertz CT molecular complexity index is 391. The Morgan fingerprint density at radius 1 is 1.41 bits per heavy atom. The molecule has 92 valence electrons. The third-order valence-electron chi connectivity index (χ3n) is 3.10. The van der Waals surface area contributed by atoms with Crippen LogP contribution in [0.1, 0.15) is 32.5 Å². The van der Waals surface area contributed by atoms with E-state index in [4.69, 9.17) is 0 Å². The average Bonchev–Trinajstić information content (AvgIpc) is 2.35. The molecule has 0 spiro atoms. The Morgan fingerprint density at radius 3 is 2.88 bits per heavy atom. The Kier molecular flexibility index (Phi) is 4.05. The second-order valence-corrected chi connectivity index (χ2v) is 5.59. The van der Waals surface area contributed by atoms with Crippen LogP contribution in [0.5, 0.6) is 0 Å². The normalized spacial score (nSPS) is 26.2. The summed E-state index contributed by atoms with van der Waals surface area (Å²) in [5.74, 6) is 1.80. The summed E-state index contributed by atoms with van der Waals surface area (Å²) in [7, 11) is 0. The summed E-state index contributed by atoms with van der Waals surface area (Å²) in [5.41, 5.74) is 1.06. The van der Waals surface area contributed by atoms with Gasteiger partial charge in [-0.25, -0.2) is 0 Å². The Balaban J connectivity index is 2.00. The van der Waals surface area contributed by atoms with Crippen molar-refractivity contribution in [1.29, 1.82) is 0 Å². The number of aromatic nitrogens is 1. The van der Waals surface area contributed by atoms with Crippen LogP contribution in [-0.2, 0) is 0 Å². The van der Waals surface area contributed by atoms with Crippen molar-refractivity contribution < 1.29 is 0 Å². The van der Waals surface area contributed by atoms with E-state index in [1.807, 2.05) is 36.2 Å². The molecule has 0 saturated heterocycles. The van der Waals surface area contributed by atoms with Gasteiger partial charge in [0.25, 0.3) is 0 Å². The van der Waals surface area contributed by atoms with Gasteiger partial charge in [0, 0.05) is 11.9 Å². The predicted molar refractivity (Wildman–Crippen MR) is 74.3 cm³/mol. The monoisotopic (exact) mass is 249 g/mol. The molecule has 0 aromatic carbocycles. The molecule has 2 heterocycles. The van der Waals surface area contributed by atoms with Crippen LogP contribution in [0.4, 0.5) is 0 Å². The number of hydrogen-bond donors (Lipinski definition) is 1. The van der Waals surface area contributed by atoms with Crippen molar-refractivity contribution in [2.45, 2.75) is 32.9 Å². The molecule has 4 heteroatoms. The molecule has 2 rings (SSSR count). The molecule has 0 aliphatic carbocycles. The van der Waals surface area contributed by atoms with Crippen molar-refractivity contribution in [2.24, 2.45) is 10.9 Å². The number of nitrogens with zero attached hydrogens (tertiary/aromatic N) is 2. The smallest absolute Gasteiger partial charge is 0.157 e. The highest BCUT2D eigenvalue weighted by atomic mass is 32.2. The predicted octanol–water partition coefficient (Wildman–Crippen LogP) is 2.86. The first-order chi connectivity index (χ1) is 8.16. The molecule has 0 fully saturated rings. The summed E-state index contributed by atoms with van der Waals surface area (Å²) in [5, 5.41) is 4.49. The number of aliphatic imine (C=N–C) groups is 1. The van der Waals surface area contributed by atoms with Crippen LogP contribution in [0.15, 0.2) is 29.4 Å². The molecule has 1 aromatic heterocycles. The standard InChI is InChI=1S/C13H19N3S/c1-9-8-17-13(15-10(9)2)16-11(3)12-6-4-5-7-14-12/h4-7,9-11H,8H2,1-3H3,(H,15,16). The number of rotatable bonds is 2. The Hall–Kier alpha value is -1.03. The van der Waals surface area contributed by atoms with Gasteiger partial charge in [0.1, 0.15) is 0 Å². The van der Waals surface area contributed by atoms with Crippen LogP contribution in [0, 0.1) is 5.92 Å². The molecular formula is C13H19N3S.